The molecule has 0 N–H and O–H groups in total. The average molecular weight is 316 g/mol. The third kappa shape index (κ3) is 2.71. The number of thiophene rings is 1. The molecule has 0 aliphatic heterocycles. The molecule has 1 aromatic carbocycles. The Morgan fingerprint density at radius 3 is 2.86 bits per heavy atom. The molecular formula is C15H12N2O4S. The summed E-state index contributed by atoms with van der Waals surface area (Å²) in [6.07, 6.45) is 1.56. The number of fused-ring (bicyclic) bond motifs is 1. The van der Waals surface area contributed by atoms with E-state index in [1.54, 1.807) is 42.5 Å². The lowest BCUT2D eigenvalue weighted by atomic mass is 10.2. The van der Waals surface area contributed by atoms with Crippen molar-refractivity contribution in [1.82, 2.24) is 4.90 Å². The number of furan rings is 1. The maximum absolute atomic E-state index is 12.4. The van der Waals surface area contributed by atoms with Gasteiger partial charge >= 0.3 is 0 Å². The van der Waals surface area contributed by atoms with Crippen molar-refractivity contribution in [2.24, 2.45) is 0 Å². The van der Waals surface area contributed by atoms with E-state index in [2.05, 4.69) is 0 Å². The fourth-order valence-electron chi connectivity index (χ4n) is 2.15. The Kier molecular flexibility index (Phi) is 3.64. The van der Waals surface area contributed by atoms with E-state index in [1.807, 2.05) is 0 Å². The number of amides is 1. The lowest BCUT2D eigenvalue weighted by molar-refractivity contribution is -0.384. The summed E-state index contributed by atoms with van der Waals surface area (Å²) in [7, 11) is 1.69. The number of carbonyl (C=O) groups is 1. The first-order valence-corrected chi connectivity index (χ1v) is 7.32. The van der Waals surface area contributed by atoms with Crippen LogP contribution in [0.2, 0.25) is 0 Å². The first kappa shape index (κ1) is 14.3. The quantitative estimate of drug-likeness (QED) is 0.543. The summed E-state index contributed by atoms with van der Waals surface area (Å²) < 4.78 is 6.07. The highest BCUT2D eigenvalue weighted by Crippen LogP contribution is 2.29. The lowest BCUT2D eigenvalue weighted by Gasteiger charge is -2.14. The molecule has 1 amide bonds. The van der Waals surface area contributed by atoms with E-state index in [-0.39, 0.29) is 11.6 Å². The van der Waals surface area contributed by atoms with E-state index in [9.17, 15) is 14.9 Å². The number of rotatable bonds is 4. The van der Waals surface area contributed by atoms with Crippen LogP contribution < -0.4 is 0 Å². The van der Waals surface area contributed by atoms with Crippen molar-refractivity contribution in [2.75, 3.05) is 7.05 Å². The van der Waals surface area contributed by atoms with E-state index < -0.39 is 4.92 Å². The minimum atomic E-state index is -0.443. The number of hydrogen-bond acceptors (Lipinski definition) is 5. The molecule has 0 saturated heterocycles. The topological polar surface area (TPSA) is 76.6 Å². The average Bonchev–Trinajstić information content (AvgIpc) is 3.13. The molecular weight excluding hydrogens is 304 g/mol. The van der Waals surface area contributed by atoms with Crippen LogP contribution in [-0.2, 0) is 6.54 Å². The number of hydrogen-bond donors (Lipinski definition) is 0. The predicted molar refractivity (Wildman–Crippen MR) is 83.0 cm³/mol. The van der Waals surface area contributed by atoms with Gasteiger partial charge in [0.1, 0.15) is 5.76 Å². The molecule has 6 nitrogen and oxygen atoms in total. The Morgan fingerprint density at radius 1 is 1.36 bits per heavy atom. The minimum Gasteiger partial charge on any atom is -0.467 e. The second-order valence-corrected chi connectivity index (χ2v) is 5.91. The van der Waals surface area contributed by atoms with Gasteiger partial charge in [-0.15, -0.1) is 11.3 Å². The largest absolute Gasteiger partial charge is 0.467 e. The molecule has 0 unspecified atom stereocenters. The van der Waals surface area contributed by atoms with Crippen molar-refractivity contribution in [3.63, 3.8) is 0 Å². The fraction of sp³-hybridized carbons (Fsp3) is 0.133. The highest BCUT2D eigenvalue weighted by atomic mass is 32.1. The van der Waals surface area contributed by atoms with E-state index in [4.69, 9.17) is 4.42 Å². The van der Waals surface area contributed by atoms with Gasteiger partial charge in [0.05, 0.1) is 22.6 Å². The van der Waals surface area contributed by atoms with Crippen LogP contribution in [0.3, 0.4) is 0 Å². The van der Waals surface area contributed by atoms with Crippen molar-refractivity contribution in [3.8, 4) is 0 Å². The lowest BCUT2D eigenvalue weighted by Crippen LogP contribution is -2.25. The van der Waals surface area contributed by atoms with Crippen molar-refractivity contribution in [1.29, 1.82) is 0 Å². The molecule has 0 aliphatic rings. The summed E-state index contributed by atoms with van der Waals surface area (Å²) in [6.45, 7) is 0.375. The summed E-state index contributed by atoms with van der Waals surface area (Å²) in [4.78, 5) is 24.9. The molecule has 0 fully saturated rings. The number of non-ortho nitro benzene ring substituents is 1. The van der Waals surface area contributed by atoms with Crippen LogP contribution in [0.4, 0.5) is 5.69 Å². The summed E-state index contributed by atoms with van der Waals surface area (Å²) >= 11 is 1.32. The maximum Gasteiger partial charge on any atom is 0.270 e. The first-order chi connectivity index (χ1) is 10.5. The molecule has 0 spiro atoms. The molecule has 112 valence electrons. The maximum atomic E-state index is 12.4. The van der Waals surface area contributed by atoms with Gasteiger partial charge in [0.15, 0.2) is 0 Å². The predicted octanol–water partition coefficient (Wildman–Crippen LogP) is 3.67. The van der Waals surface area contributed by atoms with Crippen LogP contribution in [0.15, 0.2) is 47.1 Å². The van der Waals surface area contributed by atoms with Crippen LogP contribution >= 0.6 is 11.3 Å². The molecule has 2 heterocycles. The van der Waals surface area contributed by atoms with Gasteiger partial charge in [0.25, 0.3) is 11.6 Å². The van der Waals surface area contributed by atoms with E-state index >= 15 is 0 Å². The van der Waals surface area contributed by atoms with E-state index in [0.29, 0.717) is 22.6 Å². The van der Waals surface area contributed by atoms with E-state index in [0.717, 1.165) is 4.70 Å². The van der Waals surface area contributed by atoms with Crippen LogP contribution in [0.5, 0.6) is 0 Å². The second kappa shape index (κ2) is 5.61. The Morgan fingerprint density at radius 2 is 2.18 bits per heavy atom. The Labute approximate surface area is 129 Å². The number of nitrogens with zero attached hydrogens (tertiary/aromatic N) is 2. The summed E-state index contributed by atoms with van der Waals surface area (Å²) in [5.41, 5.74) is 0.0215. The van der Waals surface area contributed by atoms with Gasteiger partial charge < -0.3 is 9.32 Å². The molecule has 7 heteroatoms. The van der Waals surface area contributed by atoms with Gasteiger partial charge in [-0.05, 0) is 24.3 Å². The summed E-state index contributed by atoms with van der Waals surface area (Å²) in [6, 6.07) is 9.86. The number of benzene rings is 1. The second-order valence-electron chi connectivity index (χ2n) is 4.83. The normalized spacial score (nSPS) is 10.8. The zero-order chi connectivity index (χ0) is 15.7. The van der Waals surface area contributed by atoms with E-state index in [1.165, 1.54) is 23.5 Å². The molecule has 0 saturated carbocycles. The Hall–Kier alpha value is -2.67. The van der Waals surface area contributed by atoms with Crippen LogP contribution in [0.25, 0.3) is 10.1 Å². The van der Waals surface area contributed by atoms with Crippen LogP contribution in [0, 0.1) is 10.1 Å². The standard InChI is InChI=1S/C15H12N2O4S/c1-16(9-12-3-2-6-21-12)15(18)14-8-10-7-11(17(19)20)4-5-13(10)22-14/h2-8H,9H2,1H3. The van der Waals surface area contributed by atoms with Crippen LogP contribution in [0.1, 0.15) is 15.4 Å². The smallest absolute Gasteiger partial charge is 0.270 e. The minimum absolute atomic E-state index is 0.0215. The SMILES string of the molecule is CN(Cc1ccco1)C(=O)c1cc2cc([N+](=O)[O-])ccc2s1. The van der Waals surface area contributed by atoms with Crippen molar-refractivity contribution < 1.29 is 14.1 Å². The number of carbonyl (C=O) groups excluding carboxylic acids is 1. The zero-order valence-electron chi connectivity index (χ0n) is 11.7. The monoisotopic (exact) mass is 316 g/mol. The fourth-order valence-corrected chi connectivity index (χ4v) is 3.18. The zero-order valence-corrected chi connectivity index (χ0v) is 12.5. The van der Waals surface area contributed by atoms with Gasteiger partial charge in [-0.25, -0.2) is 0 Å². The molecule has 0 atom stereocenters. The van der Waals surface area contributed by atoms with Crippen molar-refractivity contribution >= 4 is 33.0 Å². The molecule has 22 heavy (non-hydrogen) atoms. The summed E-state index contributed by atoms with van der Waals surface area (Å²) in [5, 5.41) is 11.5. The van der Waals surface area contributed by atoms with Gasteiger partial charge in [-0.2, -0.15) is 0 Å². The highest BCUT2D eigenvalue weighted by molar-refractivity contribution is 7.20. The van der Waals surface area contributed by atoms with Crippen molar-refractivity contribution in [2.45, 2.75) is 6.54 Å². The van der Waals surface area contributed by atoms with Gasteiger partial charge in [0, 0.05) is 29.3 Å². The van der Waals surface area contributed by atoms with Crippen molar-refractivity contribution in [3.05, 3.63) is 63.4 Å². The molecule has 2 aromatic heterocycles. The highest BCUT2D eigenvalue weighted by Gasteiger charge is 2.17. The Balaban J connectivity index is 1.86. The number of nitro groups is 1. The molecule has 3 aromatic rings. The first-order valence-electron chi connectivity index (χ1n) is 6.50. The van der Waals surface area contributed by atoms with Gasteiger partial charge in [0.2, 0.25) is 0 Å². The molecule has 3 rings (SSSR count). The van der Waals surface area contributed by atoms with Gasteiger partial charge in [-0.1, -0.05) is 0 Å². The summed E-state index contributed by atoms with van der Waals surface area (Å²) in [5.74, 6) is 0.563. The Bertz CT molecular complexity index is 838. The molecule has 0 bridgehead atoms. The molecule has 0 radical (unpaired) electrons. The third-order valence-electron chi connectivity index (χ3n) is 3.24. The van der Waals surface area contributed by atoms with Gasteiger partial charge in [-0.3, -0.25) is 14.9 Å². The third-order valence-corrected chi connectivity index (χ3v) is 4.35. The molecule has 0 aliphatic carbocycles. The van der Waals surface area contributed by atoms with Crippen LogP contribution in [-0.4, -0.2) is 22.8 Å². The number of nitro benzene ring substituents is 1.